The maximum Gasteiger partial charge on any atom is 0.230 e. The van der Waals surface area contributed by atoms with Crippen LogP contribution in [0.15, 0.2) is 59.1 Å². The highest BCUT2D eigenvalue weighted by Crippen LogP contribution is 2.24. The first-order chi connectivity index (χ1) is 12.9. The zero-order valence-electron chi connectivity index (χ0n) is 14.9. The standard InChI is InChI=1S/C19H19N3O3S2/c1-13(2)27(24,25)16-5-3-14(4-6-16)11-18(23)22-19-21-17(12-26-19)15-7-9-20-10-8-15/h3-10,12-13H,11H2,1-2H3,(H,21,22,23). The van der Waals surface area contributed by atoms with Gasteiger partial charge in [-0.15, -0.1) is 11.3 Å². The predicted molar refractivity (Wildman–Crippen MR) is 106 cm³/mol. The summed E-state index contributed by atoms with van der Waals surface area (Å²) >= 11 is 1.35. The van der Waals surface area contributed by atoms with Gasteiger partial charge in [0, 0.05) is 23.3 Å². The molecule has 3 rings (SSSR count). The quantitative estimate of drug-likeness (QED) is 0.682. The molecule has 0 aliphatic heterocycles. The zero-order chi connectivity index (χ0) is 19.4. The zero-order valence-corrected chi connectivity index (χ0v) is 16.5. The summed E-state index contributed by atoms with van der Waals surface area (Å²) in [6.07, 6.45) is 3.53. The molecular formula is C19H19N3O3S2. The number of carbonyl (C=O) groups is 1. The number of hydrogen-bond donors (Lipinski definition) is 1. The second-order valence-corrected chi connectivity index (χ2v) is 9.60. The molecule has 6 nitrogen and oxygen atoms in total. The van der Waals surface area contributed by atoms with Crippen LogP contribution in [0.1, 0.15) is 19.4 Å². The van der Waals surface area contributed by atoms with Gasteiger partial charge in [0.2, 0.25) is 5.91 Å². The van der Waals surface area contributed by atoms with E-state index in [4.69, 9.17) is 0 Å². The molecule has 2 aromatic heterocycles. The molecule has 0 bridgehead atoms. The fourth-order valence-electron chi connectivity index (χ4n) is 2.40. The Hall–Kier alpha value is -2.58. The fraction of sp³-hybridized carbons (Fsp3) is 0.211. The van der Waals surface area contributed by atoms with Crippen molar-refractivity contribution in [2.24, 2.45) is 0 Å². The van der Waals surface area contributed by atoms with Crippen LogP contribution in [0.2, 0.25) is 0 Å². The van der Waals surface area contributed by atoms with Crippen molar-refractivity contribution in [2.75, 3.05) is 5.32 Å². The van der Waals surface area contributed by atoms with Crippen LogP contribution < -0.4 is 5.32 Å². The molecule has 8 heteroatoms. The Morgan fingerprint density at radius 3 is 2.41 bits per heavy atom. The molecule has 0 saturated carbocycles. The highest BCUT2D eigenvalue weighted by Gasteiger charge is 2.19. The third-order valence-electron chi connectivity index (χ3n) is 3.96. The molecule has 0 aliphatic carbocycles. The molecule has 140 valence electrons. The van der Waals surface area contributed by atoms with Crippen molar-refractivity contribution in [3.8, 4) is 11.3 Å². The molecule has 3 aromatic rings. The number of thiazole rings is 1. The number of sulfone groups is 1. The van der Waals surface area contributed by atoms with Gasteiger partial charge in [0.1, 0.15) is 0 Å². The van der Waals surface area contributed by atoms with Gasteiger partial charge in [0.25, 0.3) is 0 Å². The molecule has 0 fully saturated rings. The van der Waals surface area contributed by atoms with Gasteiger partial charge in [-0.25, -0.2) is 13.4 Å². The fourth-order valence-corrected chi connectivity index (χ4v) is 4.20. The number of carbonyl (C=O) groups excluding carboxylic acids is 1. The van der Waals surface area contributed by atoms with Gasteiger partial charge in [0.05, 0.1) is 22.3 Å². The minimum absolute atomic E-state index is 0.145. The summed E-state index contributed by atoms with van der Waals surface area (Å²) < 4.78 is 24.3. The Labute approximate surface area is 162 Å². The lowest BCUT2D eigenvalue weighted by Gasteiger charge is -2.08. The van der Waals surface area contributed by atoms with E-state index in [2.05, 4.69) is 15.3 Å². The second kappa shape index (κ2) is 7.98. The number of hydrogen-bond acceptors (Lipinski definition) is 6. The van der Waals surface area contributed by atoms with Crippen LogP contribution in [0.25, 0.3) is 11.3 Å². The molecule has 0 unspecified atom stereocenters. The molecule has 27 heavy (non-hydrogen) atoms. The van der Waals surface area contributed by atoms with E-state index in [-0.39, 0.29) is 17.2 Å². The summed E-state index contributed by atoms with van der Waals surface area (Å²) in [5.74, 6) is -0.204. The minimum atomic E-state index is -3.31. The highest BCUT2D eigenvalue weighted by atomic mass is 32.2. The van der Waals surface area contributed by atoms with Crippen LogP contribution in [-0.2, 0) is 21.1 Å². The Morgan fingerprint density at radius 2 is 1.78 bits per heavy atom. The molecule has 1 N–H and O–H groups in total. The topological polar surface area (TPSA) is 89.0 Å². The lowest BCUT2D eigenvalue weighted by atomic mass is 10.1. The van der Waals surface area contributed by atoms with Crippen molar-refractivity contribution in [3.05, 3.63) is 59.7 Å². The number of benzene rings is 1. The van der Waals surface area contributed by atoms with Crippen molar-refractivity contribution < 1.29 is 13.2 Å². The highest BCUT2D eigenvalue weighted by molar-refractivity contribution is 7.92. The predicted octanol–water partition coefficient (Wildman–Crippen LogP) is 3.57. The Kier molecular flexibility index (Phi) is 5.67. The Bertz CT molecular complexity index is 1030. The Morgan fingerprint density at radius 1 is 1.11 bits per heavy atom. The summed E-state index contributed by atoms with van der Waals surface area (Å²) in [6, 6.07) is 10.1. The van der Waals surface area contributed by atoms with Crippen LogP contribution >= 0.6 is 11.3 Å². The van der Waals surface area contributed by atoms with E-state index < -0.39 is 15.1 Å². The average Bonchev–Trinajstić information content (AvgIpc) is 3.11. The van der Waals surface area contributed by atoms with Crippen molar-refractivity contribution >= 4 is 32.2 Å². The number of anilines is 1. The van der Waals surface area contributed by atoms with E-state index >= 15 is 0 Å². The molecule has 0 saturated heterocycles. The van der Waals surface area contributed by atoms with Crippen LogP contribution in [0.3, 0.4) is 0 Å². The lowest BCUT2D eigenvalue weighted by Crippen LogP contribution is -2.15. The average molecular weight is 402 g/mol. The second-order valence-electron chi connectivity index (χ2n) is 6.24. The first kappa shape index (κ1) is 19.2. The Balaban J connectivity index is 1.64. The van der Waals surface area contributed by atoms with E-state index in [1.54, 1.807) is 50.5 Å². The first-order valence-corrected chi connectivity index (χ1v) is 10.8. The summed E-state index contributed by atoms with van der Waals surface area (Å²) in [5, 5.41) is 4.69. The third kappa shape index (κ3) is 4.58. The van der Waals surface area contributed by atoms with Gasteiger partial charge in [-0.3, -0.25) is 9.78 Å². The maximum absolute atomic E-state index is 12.2. The van der Waals surface area contributed by atoms with Gasteiger partial charge in [-0.1, -0.05) is 12.1 Å². The normalized spacial score (nSPS) is 11.5. The summed E-state index contributed by atoms with van der Waals surface area (Å²) in [6.45, 7) is 3.29. The molecule has 0 spiro atoms. The van der Waals surface area contributed by atoms with E-state index in [1.165, 1.54) is 11.3 Å². The molecule has 0 aliphatic rings. The van der Waals surface area contributed by atoms with Gasteiger partial charge in [-0.2, -0.15) is 0 Å². The van der Waals surface area contributed by atoms with Gasteiger partial charge in [-0.05, 0) is 43.7 Å². The maximum atomic E-state index is 12.2. The third-order valence-corrected chi connectivity index (χ3v) is 6.89. The van der Waals surface area contributed by atoms with E-state index in [0.29, 0.717) is 5.13 Å². The van der Waals surface area contributed by atoms with Crippen molar-refractivity contribution in [2.45, 2.75) is 30.4 Å². The van der Waals surface area contributed by atoms with E-state index in [0.717, 1.165) is 16.8 Å². The number of rotatable bonds is 6. The molecular weight excluding hydrogens is 382 g/mol. The molecule has 2 heterocycles. The summed E-state index contributed by atoms with van der Waals surface area (Å²) in [4.78, 5) is 20.9. The smallest absolute Gasteiger partial charge is 0.230 e. The minimum Gasteiger partial charge on any atom is -0.302 e. The van der Waals surface area contributed by atoms with Gasteiger partial charge in [0.15, 0.2) is 15.0 Å². The number of aromatic nitrogens is 2. The number of nitrogens with one attached hydrogen (secondary N) is 1. The molecule has 0 radical (unpaired) electrons. The van der Waals surface area contributed by atoms with Gasteiger partial charge < -0.3 is 5.32 Å². The molecule has 0 atom stereocenters. The largest absolute Gasteiger partial charge is 0.302 e. The van der Waals surface area contributed by atoms with Crippen molar-refractivity contribution in [1.82, 2.24) is 9.97 Å². The van der Waals surface area contributed by atoms with Gasteiger partial charge >= 0.3 is 0 Å². The van der Waals surface area contributed by atoms with Crippen molar-refractivity contribution in [1.29, 1.82) is 0 Å². The summed E-state index contributed by atoms with van der Waals surface area (Å²) in [7, 11) is -3.31. The van der Waals surface area contributed by atoms with Crippen LogP contribution in [0.4, 0.5) is 5.13 Å². The van der Waals surface area contributed by atoms with E-state index in [1.807, 2.05) is 17.5 Å². The lowest BCUT2D eigenvalue weighted by molar-refractivity contribution is -0.115. The SMILES string of the molecule is CC(C)S(=O)(=O)c1ccc(CC(=O)Nc2nc(-c3ccncc3)cs2)cc1. The number of nitrogens with zero attached hydrogens (tertiary/aromatic N) is 2. The molecule has 1 aromatic carbocycles. The van der Waals surface area contributed by atoms with Crippen LogP contribution in [0.5, 0.6) is 0 Å². The van der Waals surface area contributed by atoms with Crippen LogP contribution in [-0.4, -0.2) is 29.5 Å². The van der Waals surface area contributed by atoms with Crippen LogP contribution in [0, 0.1) is 0 Å². The monoisotopic (exact) mass is 401 g/mol. The number of pyridine rings is 1. The first-order valence-electron chi connectivity index (χ1n) is 8.35. The molecule has 1 amide bonds. The van der Waals surface area contributed by atoms with E-state index in [9.17, 15) is 13.2 Å². The number of amides is 1. The summed E-state index contributed by atoms with van der Waals surface area (Å²) in [5.41, 5.74) is 2.45. The van der Waals surface area contributed by atoms with Crippen molar-refractivity contribution in [3.63, 3.8) is 0 Å².